The normalized spacial score (nSPS) is 11.5. The molecular weight excluding hydrogens is 282 g/mol. The minimum atomic E-state index is 0.296. The molecule has 0 radical (unpaired) electrons. The molecule has 0 atom stereocenters. The summed E-state index contributed by atoms with van der Waals surface area (Å²) in [6, 6.07) is 6.18. The highest BCUT2D eigenvalue weighted by atomic mass is 79.9. The summed E-state index contributed by atoms with van der Waals surface area (Å²) in [4.78, 5) is 0. The molecule has 0 saturated carbocycles. The van der Waals surface area contributed by atoms with E-state index < -0.39 is 0 Å². The molecule has 0 aliphatic carbocycles. The van der Waals surface area contributed by atoms with Gasteiger partial charge in [0.2, 0.25) is 0 Å². The van der Waals surface area contributed by atoms with Crippen LogP contribution in [0.5, 0.6) is 0 Å². The maximum absolute atomic E-state index is 8.37. The Balaban J connectivity index is 2.24. The van der Waals surface area contributed by atoms with Crippen molar-refractivity contribution in [2.24, 2.45) is 10.9 Å². The van der Waals surface area contributed by atoms with Crippen LogP contribution in [-0.2, 0) is 0 Å². The minimum Gasteiger partial charge on any atom is -0.409 e. The number of nitrogens with zero attached hydrogens (tertiary/aromatic N) is 1. The van der Waals surface area contributed by atoms with Gasteiger partial charge in [-0.3, -0.25) is 0 Å². The maximum Gasteiger partial charge on any atom is 0.139 e. The van der Waals surface area contributed by atoms with Gasteiger partial charge in [-0.1, -0.05) is 21.1 Å². The number of nitrogens with one attached hydrogen (secondary N) is 1. The number of amidine groups is 1. The summed E-state index contributed by atoms with van der Waals surface area (Å²) in [6.07, 6.45) is 2.54. The molecule has 0 aromatic heterocycles. The molecule has 1 rings (SSSR count). The molecule has 0 amide bonds. The van der Waals surface area contributed by atoms with Crippen LogP contribution in [0.15, 0.2) is 27.8 Å². The quantitative estimate of drug-likeness (QED) is 0.248. The standard InChI is InChI=1S/C12H18BrN3O/c1-9-8-10(5-6-11(9)13)15-7-3-2-4-12(14)16-17/h5-6,8,15,17H,2-4,7H2,1H3,(H2,14,16). The Morgan fingerprint density at radius 2 is 2.24 bits per heavy atom. The molecule has 94 valence electrons. The summed E-state index contributed by atoms with van der Waals surface area (Å²) in [5, 5.41) is 14.6. The van der Waals surface area contributed by atoms with Gasteiger partial charge < -0.3 is 16.3 Å². The van der Waals surface area contributed by atoms with E-state index in [1.165, 1.54) is 5.56 Å². The molecule has 17 heavy (non-hydrogen) atoms. The first-order chi connectivity index (χ1) is 8.13. The van der Waals surface area contributed by atoms with Gasteiger partial charge in [-0.25, -0.2) is 0 Å². The smallest absolute Gasteiger partial charge is 0.139 e. The van der Waals surface area contributed by atoms with E-state index in [1.807, 2.05) is 12.1 Å². The van der Waals surface area contributed by atoms with Crippen molar-refractivity contribution in [3.05, 3.63) is 28.2 Å². The first kappa shape index (κ1) is 13.8. The summed E-state index contributed by atoms with van der Waals surface area (Å²) in [5.41, 5.74) is 7.71. The van der Waals surface area contributed by atoms with Gasteiger partial charge in [-0.2, -0.15) is 0 Å². The van der Waals surface area contributed by atoms with E-state index in [-0.39, 0.29) is 0 Å². The molecule has 0 fully saturated rings. The highest BCUT2D eigenvalue weighted by molar-refractivity contribution is 9.10. The van der Waals surface area contributed by atoms with Gasteiger partial charge in [0.15, 0.2) is 0 Å². The van der Waals surface area contributed by atoms with Crippen LogP contribution in [0.25, 0.3) is 0 Å². The second kappa shape index (κ2) is 7.17. The summed E-state index contributed by atoms with van der Waals surface area (Å²) >= 11 is 3.47. The lowest BCUT2D eigenvalue weighted by Gasteiger charge is -2.07. The molecule has 0 unspecified atom stereocenters. The summed E-state index contributed by atoms with van der Waals surface area (Å²) < 4.78 is 1.12. The third-order valence-electron chi connectivity index (χ3n) is 2.48. The molecule has 0 saturated heterocycles. The van der Waals surface area contributed by atoms with Crippen LogP contribution in [0.4, 0.5) is 5.69 Å². The van der Waals surface area contributed by atoms with Crippen molar-refractivity contribution in [3.63, 3.8) is 0 Å². The number of unbranched alkanes of at least 4 members (excludes halogenated alkanes) is 1. The number of benzene rings is 1. The van der Waals surface area contributed by atoms with Gasteiger partial charge in [-0.15, -0.1) is 0 Å². The molecular formula is C12H18BrN3O. The Hall–Kier alpha value is -1.23. The van der Waals surface area contributed by atoms with Crippen LogP contribution in [0.3, 0.4) is 0 Å². The summed E-state index contributed by atoms with van der Waals surface area (Å²) in [6.45, 7) is 2.95. The number of oxime groups is 1. The van der Waals surface area contributed by atoms with E-state index in [1.54, 1.807) is 0 Å². The number of rotatable bonds is 6. The Morgan fingerprint density at radius 3 is 2.88 bits per heavy atom. The molecule has 0 heterocycles. The van der Waals surface area contributed by atoms with Crippen LogP contribution in [0.1, 0.15) is 24.8 Å². The van der Waals surface area contributed by atoms with Gasteiger partial charge in [0.05, 0.1) is 0 Å². The van der Waals surface area contributed by atoms with Crippen molar-refractivity contribution < 1.29 is 5.21 Å². The van der Waals surface area contributed by atoms with Gasteiger partial charge in [0, 0.05) is 23.1 Å². The van der Waals surface area contributed by atoms with E-state index in [0.29, 0.717) is 12.3 Å². The third-order valence-corrected chi connectivity index (χ3v) is 3.36. The van der Waals surface area contributed by atoms with Crippen LogP contribution < -0.4 is 11.1 Å². The SMILES string of the molecule is Cc1cc(NCCCC/C(N)=N/O)ccc1Br. The lowest BCUT2D eigenvalue weighted by molar-refractivity contribution is 0.316. The van der Waals surface area contributed by atoms with Gasteiger partial charge >= 0.3 is 0 Å². The fraction of sp³-hybridized carbons (Fsp3) is 0.417. The lowest BCUT2D eigenvalue weighted by atomic mass is 10.2. The van der Waals surface area contributed by atoms with Crippen molar-refractivity contribution in [2.75, 3.05) is 11.9 Å². The van der Waals surface area contributed by atoms with Crippen LogP contribution in [0, 0.1) is 6.92 Å². The van der Waals surface area contributed by atoms with Gasteiger partial charge in [0.25, 0.3) is 0 Å². The highest BCUT2D eigenvalue weighted by Gasteiger charge is 1.97. The lowest BCUT2D eigenvalue weighted by Crippen LogP contribution is -2.11. The number of hydrogen-bond donors (Lipinski definition) is 3. The molecule has 4 N–H and O–H groups in total. The van der Waals surface area contributed by atoms with Crippen molar-refractivity contribution in [3.8, 4) is 0 Å². The second-order valence-electron chi connectivity index (χ2n) is 3.94. The molecule has 0 spiro atoms. The Kier molecular flexibility index (Phi) is 5.83. The topological polar surface area (TPSA) is 70.6 Å². The zero-order chi connectivity index (χ0) is 12.7. The minimum absolute atomic E-state index is 0.296. The van der Waals surface area contributed by atoms with Crippen molar-refractivity contribution >= 4 is 27.5 Å². The van der Waals surface area contributed by atoms with E-state index in [4.69, 9.17) is 10.9 Å². The fourth-order valence-electron chi connectivity index (χ4n) is 1.47. The zero-order valence-electron chi connectivity index (χ0n) is 9.91. The van der Waals surface area contributed by atoms with Crippen LogP contribution in [-0.4, -0.2) is 17.6 Å². The Morgan fingerprint density at radius 1 is 1.47 bits per heavy atom. The predicted octanol–water partition coefficient (Wildman–Crippen LogP) is 3.09. The Labute approximate surface area is 110 Å². The van der Waals surface area contributed by atoms with E-state index in [0.717, 1.165) is 29.5 Å². The number of aryl methyl sites for hydroxylation is 1. The van der Waals surface area contributed by atoms with E-state index in [9.17, 15) is 0 Å². The summed E-state index contributed by atoms with van der Waals surface area (Å²) in [7, 11) is 0. The van der Waals surface area contributed by atoms with Gasteiger partial charge in [-0.05, 0) is 43.5 Å². The average Bonchev–Trinajstić information content (AvgIpc) is 2.33. The monoisotopic (exact) mass is 299 g/mol. The second-order valence-corrected chi connectivity index (χ2v) is 4.79. The van der Waals surface area contributed by atoms with Crippen LogP contribution >= 0.6 is 15.9 Å². The van der Waals surface area contributed by atoms with Crippen molar-refractivity contribution in [1.29, 1.82) is 0 Å². The number of nitrogens with two attached hydrogens (primary N) is 1. The third kappa shape index (κ3) is 5.08. The fourth-order valence-corrected chi connectivity index (χ4v) is 1.72. The Bertz CT molecular complexity index is 393. The molecule has 0 bridgehead atoms. The van der Waals surface area contributed by atoms with Gasteiger partial charge in [0.1, 0.15) is 5.84 Å². The molecule has 4 nitrogen and oxygen atoms in total. The number of anilines is 1. The van der Waals surface area contributed by atoms with E-state index >= 15 is 0 Å². The maximum atomic E-state index is 8.37. The summed E-state index contributed by atoms with van der Waals surface area (Å²) in [5.74, 6) is 0.296. The van der Waals surface area contributed by atoms with E-state index in [2.05, 4.69) is 39.4 Å². The predicted molar refractivity (Wildman–Crippen MR) is 74.6 cm³/mol. The first-order valence-corrected chi connectivity index (χ1v) is 6.39. The highest BCUT2D eigenvalue weighted by Crippen LogP contribution is 2.19. The van der Waals surface area contributed by atoms with Crippen molar-refractivity contribution in [2.45, 2.75) is 26.2 Å². The van der Waals surface area contributed by atoms with Crippen molar-refractivity contribution in [1.82, 2.24) is 0 Å². The molecule has 0 aliphatic rings. The molecule has 5 heteroatoms. The number of halogens is 1. The molecule has 0 aliphatic heterocycles. The first-order valence-electron chi connectivity index (χ1n) is 5.60. The number of hydrogen-bond acceptors (Lipinski definition) is 3. The molecule has 1 aromatic rings. The van der Waals surface area contributed by atoms with Crippen LogP contribution in [0.2, 0.25) is 0 Å². The molecule has 1 aromatic carbocycles. The largest absolute Gasteiger partial charge is 0.409 e. The zero-order valence-corrected chi connectivity index (χ0v) is 11.5. The average molecular weight is 300 g/mol.